The minimum Gasteiger partial charge on any atom is -0.461 e. The zero-order chi connectivity index (χ0) is 42.6. The van der Waals surface area contributed by atoms with E-state index in [1.54, 1.807) is 6.08 Å². The van der Waals surface area contributed by atoms with Crippen LogP contribution in [0.3, 0.4) is 0 Å². The molecule has 306 valence electrons. The van der Waals surface area contributed by atoms with Crippen molar-refractivity contribution in [3.63, 3.8) is 0 Å². The van der Waals surface area contributed by atoms with Crippen molar-refractivity contribution in [1.29, 1.82) is 0 Å². The number of rotatable bonds is 9. The molecule has 0 amide bonds. The van der Waals surface area contributed by atoms with Gasteiger partial charge >= 0.3 is 0 Å². The van der Waals surface area contributed by atoms with Crippen LogP contribution in [-0.4, -0.2) is 22.3 Å². The molecule has 1 atom stereocenters. The number of nitrogens with zero attached hydrogens (tertiary/aromatic N) is 4. The molecule has 5 heteroatoms. The fourth-order valence-corrected chi connectivity index (χ4v) is 8.17. The first kappa shape index (κ1) is 43.1. The maximum absolute atomic E-state index is 6.17. The number of furan rings is 1. The summed E-state index contributed by atoms with van der Waals surface area (Å²) in [5.74, 6) is 2.94. The lowest BCUT2D eigenvalue weighted by atomic mass is 9.93. The number of aliphatic imine (C=N–C) groups is 1. The molecule has 2 aliphatic rings. The van der Waals surface area contributed by atoms with Gasteiger partial charge in [-0.1, -0.05) is 143 Å². The van der Waals surface area contributed by atoms with Crippen LogP contribution in [0.2, 0.25) is 0 Å². The van der Waals surface area contributed by atoms with Gasteiger partial charge in [-0.05, 0) is 93.2 Å². The van der Waals surface area contributed by atoms with Gasteiger partial charge in [0, 0.05) is 46.5 Å². The normalized spacial score (nSPS) is 14.4. The monoisotopic (exact) mass is 792 g/mol. The van der Waals surface area contributed by atoms with Crippen molar-refractivity contribution in [1.82, 2.24) is 9.55 Å². The first-order valence-corrected chi connectivity index (χ1v) is 21.5. The molecule has 0 spiro atoms. The van der Waals surface area contributed by atoms with Crippen LogP contribution in [0.25, 0.3) is 46.6 Å². The van der Waals surface area contributed by atoms with Gasteiger partial charge in [0.1, 0.15) is 22.8 Å². The molecule has 1 unspecified atom stereocenters. The summed E-state index contributed by atoms with van der Waals surface area (Å²) < 4.78 is 8.52. The van der Waals surface area contributed by atoms with Gasteiger partial charge in [0.15, 0.2) is 0 Å². The minimum absolute atomic E-state index is 0.120. The molecule has 6 aromatic rings. The molecule has 0 saturated heterocycles. The molecule has 60 heavy (non-hydrogen) atoms. The Morgan fingerprint density at radius 2 is 1.60 bits per heavy atom. The van der Waals surface area contributed by atoms with Crippen molar-refractivity contribution < 1.29 is 4.42 Å². The van der Waals surface area contributed by atoms with E-state index in [0.717, 1.165) is 82.0 Å². The van der Waals surface area contributed by atoms with Gasteiger partial charge in [-0.2, -0.15) is 0 Å². The first-order chi connectivity index (χ1) is 29.4. The fraction of sp³-hybridized carbons (Fsp3) is 0.236. The lowest BCUT2D eigenvalue weighted by Crippen LogP contribution is -2.30. The lowest BCUT2D eigenvalue weighted by Gasteiger charge is -2.25. The van der Waals surface area contributed by atoms with Gasteiger partial charge in [0.25, 0.3) is 0 Å². The lowest BCUT2D eigenvalue weighted by molar-refractivity contribution is 0.498. The van der Waals surface area contributed by atoms with E-state index in [9.17, 15) is 0 Å². The van der Waals surface area contributed by atoms with Crippen LogP contribution in [0, 0.1) is 6.92 Å². The summed E-state index contributed by atoms with van der Waals surface area (Å²) in [4.78, 5) is 12.8. The van der Waals surface area contributed by atoms with E-state index in [2.05, 4.69) is 196 Å². The highest BCUT2D eigenvalue weighted by Crippen LogP contribution is 2.33. The van der Waals surface area contributed by atoms with E-state index in [1.807, 2.05) is 20.8 Å². The molecule has 4 heterocycles. The van der Waals surface area contributed by atoms with Gasteiger partial charge in [-0.3, -0.25) is 4.57 Å². The second-order valence-electron chi connectivity index (χ2n) is 14.6. The number of hydrogen-bond donors (Lipinski definition) is 0. The number of aromatic nitrogens is 2. The number of benzene rings is 3. The van der Waals surface area contributed by atoms with Gasteiger partial charge in [0.05, 0.1) is 22.3 Å². The SMILES string of the molecule is C/C=c1\c(=C/C(CC)c2ccccc2N(C)C2=CC=CCC(c3ccccc3)=N2)n(-c2cccc(C3=CC=c4c(CC)c(C)oc4=CC3)n2)c2ccccc12.C=CC.CC. The molecule has 3 aromatic carbocycles. The molecule has 3 aromatic heterocycles. The number of pyridine rings is 1. The van der Waals surface area contributed by atoms with E-state index in [-0.39, 0.29) is 5.92 Å². The largest absolute Gasteiger partial charge is 0.461 e. The van der Waals surface area contributed by atoms with Gasteiger partial charge < -0.3 is 9.32 Å². The summed E-state index contributed by atoms with van der Waals surface area (Å²) >= 11 is 0. The number of fused-ring (bicyclic) bond motifs is 2. The van der Waals surface area contributed by atoms with Crippen LogP contribution in [-0.2, 0) is 6.42 Å². The van der Waals surface area contributed by atoms with Crippen molar-refractivity contribution in [3.05, 3.63) is 189 Å². The zero-order valence-corrected chi connectivity index (χ0v) is 36.7. The van der Waals surface area contributed by atoms with Crippen molar-refractivity contribution in [2.24, 2.45) is 4.99 Å². The Morgan fingerprint density at radius 3 is 2.35 bits per heavy atom. The number of allylic oxidation sites excluding steroid dienone is 6. The summed E-state index contributed by atoms with van der Waals surface area (Å²) in [7, 11) is 2.13. The summed E-state index contributed by atoms with van der Waals surface area (Å²) in [6, 6.07) is 34.3. The Hall–Kier alpha value is -6.46. The number of anilines is 1. The van der Waals surface area contributed by atoms with Crippen molar-refractivity contribution in [3.8, 4) is 5.82 Å². The molecule has 0 bridgehead atoms. The van der Waals surface area contributed by atoms with Crippen LogP contribution < -0.4 is 26.1 Å². The molecular formula is C55H60N4O. The van der Waals surface area contributed by atoms with Crippen LogP contribution >= 0.6 is 0 Å². The maximum Gasteiger partial charge on any atom is 0.138 e. The van der Waals surface area contributed by atoms with E-state index < -0.39 is 0 Å². The van der Waals surface area contributed by atoms with E-state index in [1.165, 1.54) is 32.5 Å². The van der Waals surface area contributed by atoms with Crippen molar-refractivity contribution >= 4 is 52.2 Å². The standard InChI is InChI=1S/C50H48N4O.C3H6.C2H6/c1-6-35(40-21-12-15-25-45(40)53(5)49-27-17-14-23-43(51-49)36-19-10-9-11-20-36)33-47-39(8-3)41-22-13-16-26-46(41)54(47)50-28-18-24-44(52-50)37-29-31-42-38(7-2)34(4)55-48(42)32-30-37;1-3-2;1-2/h8-22,24-29,31-33,35H,6-7,23,30H2,1-5H3;3H,1H2,2H3;1-2H3/b39-8-,47-33+;;. The molecule has 8 rings (SSSR count). The molecule has 1 aliphatic heterocycles. The zero-order valence-electron chi connectivity index (χ0n) is 36.7. The Labute approximate surface area is 356 Å². The van der Waals surface area contributed by atoms with Crippen LogP contribution in [0.1, 0.15) is 94.9 Å². The summed E-state index contributed by atoms with van der Waals surface area (Å²) in [5, 5.41) is 4.76. The Morgan fingerprint density at radius 1 is 0.867 bits per heavy atom. The van der Waals surface area contributed by atoms with Gasteiger partial charge in [0.2, 0.25) is 0 Å². The van der Waals surface area contributed by atoms with E-state index in [4.69, 9.17) is 14.4 Å². The molecule has 0 radical (unpaired) electrons. The Kier molecular flexibility index (Phi) is 14.7. The molecule has 0 saturated carbocycles. The number of para-hydroxylation sites is 2. The predicted octanol–water partition coefficient (Wildman–Crippen LogP) is 11.3. The van der Waals surface area contributed by atoms with Crippen LogP contribution in [0.4, 0.5) is 5.69 Å². The Balaban J connectivity index is 0.00000116. The third-order valence-corrected chi connectivity index (χ3v) is 11.0. The highest BCUT2D eigenvalue weighted by Gasteiger charge is 2.20. The topological polar surface area (TPSA) is 46.6 Å². The molecular weight excluding hydrogens is 733 g/mol. The predicted molar refractivity (Wildman–Crippen MR) is 258 cm³/mol. The smallest absolute Gasteiger partial charge is 0.138 e. The second-order valence-corrected chi connectivity index (χ2v) is 14.6. The van der Waals surface area contributed by atoms with Crippen LogP contribution in [0.5, 0.6) is 0 Å². The molecule has 0 fully saturated rings. The second kappa shape index (κ2) is 20.5. The summed E-state index contributed by atoms with van der Waals surface area (Å²) in [6.07, 6.45) is 22.9. The molecule has 1 aliphatic carbocycles. The van der Waals surface area contributed by atoms with Crippen molar-refractivity contribution in [2.75, 3.05) is 11.9 Å². The first-order valence-electron chi connectivity index (χ1n) is 21.5. The Bertz CT molecular complexity index is 2830. The number of aryl methyl sites for hydroxylation is 1. The quantitative estimate of drug-likeness (QED) is 0.137. The third-order valence-electron chi connectivity index (χ3n) is 11.0. The summed E-state index contributed by atoms with van der Waals surface area (Å²) in [5.41, 5.74) is 10.1. The van der Waals surface area contributed by atoms with Gasteiger partial charge in [-0.15, -0.1) is 6.58 Å². The molecule has 5 nitrogen and oxygen atoms in total. The minimum atomic E-state index is 0.120. The summed E-state index contributed by atoms with van der Waals surface area (Å²) in [6.45, 7) is 17.9. The highest BCUT2D eigenvalue weighted by atomic mass is 16.3. The average molecular weight is 793 g/mol. The van der Waals surface area contributed by atoms with Crippen molar-refractivity contribution in [2.45, 2.75) is 80.1 Å². The molecule has 0 N–H and O–H groups in total. The van der Waals surface area contributed by atoms with E-state index in [0.29, 0.717) is 0 Å². The highest BCUT2D eigenvalue weighted by molar-refractivity contribution is 6.02. The van der Waals surface area contributed by atoms with Crippen LogP contribution in [0.15, 0.2) is 149 Å². The van der Waals surface area contributed by atoms with Gasteiger partial charge in [-0.25, -0.2) is 9.98 Å². The fourth-order valence-electron chi connectivity index (χ4n) is 8.17. The average Bonchev–Trinajstić information content (AvgIpc) is 3.51. The van der Waals surface area contributed by atoms with E-state index >= 15 is 0 Å². The third kappa shape index (κ3) is 9.06. The number of hydrogen-bond acceptors (Lipinski definition) is 4. The maximum atomic E-state index is 6.17.